The molecule has 0 aliphatic carbocycles. The maximum Gasteiger partial charge on any atom is 0.335 e. The van der Waals surface area contributed by atoms with E-state index in [1.54, 1.807) is 54.6 Å². The Balaban J connectivity index is 1.60. The minimum Gasteiger partial charge on any atom is -0.423 e. The second kappa shape index (κ2) is 9.09. The molecule has 0 bridgehead atoms. The summed E-state index contributed by atoms with van der Waals surface area (Å²) in [6, 6.07) is 24.0. The number of anilines is 2. The van der Waals surface area contributed by atoms with E-state index in [2.05, 4.69) is 5.32 Å². The van der Waals surface area contributed by atoms with Crippen molar-refractivity contribution in [2.75, 3.05) is 10.2 Å². The largest absolute Gasteiger partial charge is 0.423 e. The van der Waals surface area contributed by atoms with Crippen LogP contribution in [-0.4, -0.2) is 23.8 Å². The standard InChI is InChI=1S/C25H20N2O4/c28-23(26-19-11-5-2-6-12-19)17-21-25(30)31-22-14-8-7-13-20(22)27(21)24(29)16-15-18-9-3-1-4-10-18/h1-16,21H,17H2,(H,26,28)/b16-15+. The number of hydrogen-bond donors (Lipinski definition) is 1. The number of nitrogens with zero attached hydrogens (tertiary/aromatic N) is 1. The van der Waals surface area contributed by atoms with E-state index in [0.717, 1.165) is 5.56 Å². The van der Waals surface area contributed by atoms with Crippen LogP contribution in [0.1, 0.15) is 12.0 Å². The molecule has 4 rings (SSSR count). The van der Waals surface area contributed by atoms with Crippen LogP contribution in [0.25, 0.3) is 6.08 Å². The maximum atomic E-state index is 13.1. The lowest BCUT2D eigenvalue weighted by Crippen LogP contribution is -2.51. The topological polar surface area (TPSA) is 75.7 Å². The molecule has 1 heterocycles. The highest BCUT2D eigenvalue weighted by atomic mass is 16.5. The lowest BCUT2D eigenvalue weighted by molar-refractivity contribution is -0.139. The number of rotatable bonds is 5. The molecule has 6 heteroatoms. The molecule has 0 spiro atoms. The van der Waals surface area contributed by atoms with E-state index < -0.39 is 23.8 Å². The van der Waals surface area contributed by atoms with Crippen molar-refractivity contribution in [1.29, 1.82) is 0 Å². The summed E-state index contributed by atoms with van der Waals surface area (Å²) in [7, 11) is 0. The molecule has 0 radical (unpaired) electrons. The molecule has 6 nitrogen and oxygen atoms in total. The summed E-state index contributed by atoms with van der Waals surface area (Å²) >= 11 is 0. The van der Waals surface area contributed by atoms with Crippen molar-refractivity contribution in [3.8, 4) is 5.75 Å². The molecule has 31 heavy (non-hydrogen) atoms. The smallest absolute Gasteiger partial charge is 0.335 e. The van der Waals surface area contributed by atoms with Crippen LogP contribution in [0.2, 0.25) is 0 Å². The van der Waals surface area contributed by atoms with Crippen LogP contribution >= 0.6 is 0 Å². The molecule has 3 aromatic carbocycles. The van der Waals surface area contributed by atoms with Crippen molar-refractivity contribution < 1.29 is 19.1 Å². The van der Waals surface area contributed by atoms with Gasteiger partial charge in [0.15, 0.2) is 5.75 Å². The number of nitrogens with one attached hydrogen (secondary N) is 1. The first-order chi connectivity index (χ1) is 15.1. The number of amides is 2. The molecule has 0 aromatic heterocycles. The minimum absolute atomic E-state index is 0.229. The van der Waals surface area contributed by atoms with Crippen molar-refractivity contribution in [2.24, 2.45) is 0 Å². The molecule has 1 aliphatic rings. The quantitative estimate of drug-likeness (QED) is 0.390. The van der Waals surface area contributed by atoms with E-state index in [0.29, 0.717) is 11.4 Å². The zero-order valence-corrected chi connectivity index (χ0v) is 16.6. The predicted octanol–water partition coefficient (Wildman–Crippen LogP) is 4.05. The number of fused-ring (bicyclic) bond motifs is 1. The first-order valence-corrected chi connectivity index (χ1v) is 9.84. The van der Waals surface area contributed by atoms with E-state index in [1.165, 1.54) is 11.0 Å². The fourth-order valence-electron chi connectivity index (χ4n) is 3.36. The Hall–Kier alpha value is -4.19. The molecule has 2 amide bonds. The molecule has 1 N–H and O–H groups in total. The Morgan fingerprint density at radius 3 is 2.29 bits per heavy atom. The van der Waals surface area contributed by atoms with Gasteiger partial charge in [-0.15, -0.1) is 0 Å². The van der Waals surface area contributed by atoms with E-state index >= 15 is 0 Å². The molecule has 0 fully saturated rings. The first-order valence-electron chi connectivity index (χ1n) is 9.84. The average Bonchev–Trinajstić information content (AvgIpc) is 2.79. The average molecular weight is 412 g/mol. The summed E-state index contributed by atoms with van der Waals surface area (Å²) < 4.78 is 5.40. The van der Waals surface area contributed by atoms with Gasteiger partial charge in [0.2, 0.25) is 5.91 Å². The van der Waals surface area contributed by atoms with Crippen LogP contribution in [0.3, 0.4) is 0 Å². The number of carbonyl (C=O) groups is 3. The molecular weight excluding hydrogens is 392 g/mol. The number of ether oxygens (including phenoxy) is 1. The van der Waals surface area contributed by atoms with Gasteiger partial charge in [-0.3, -0.25) is 14.5 Å². The Kier molecular flexibility index (Phi) is 5.89. The van der Waals surface area contributed by atoms with Crippen molar-refractivity contribution in [3.63, 3.8) is 0 Å². The second-order valence-electron chi connectivity index (χ2n) is 6.98. The lowest BCUT2D eigenvalue weighted by Gasteiger charge is -2.34. The lowest BCUT2D eigenvalue weighted by atomic mass is 10.1. The highest BCUT2D eigenvalue weighted by molar-refractivity contribution is 6.11. The van der Waals surface area contributed by atoms with Gasteiger partial charge >= 0.3 is 5.97 Å². The Morgan fingerprint density at radius 1 is 0.903 bits per heavy atom. The van der Waals surface area contributed by atoms with Gasteiger partial charge in [0.25, 0.3) is 5.91 Å². The zero-order valence-electron chi connectivity index (χ0n) is 16.6. The summed E-state index contributed by atoms with van der Waals surface area (Å²) in [6.07, 6.45) is 2.84. The van der Waals surface area contributed by atoms with Crippen molar-refractivity contribution >= 4 is 35.2 Å². The summed E-state index contributed by atoms with van der Waals surface area (Å²) in [5.41, 5.74) is 1.91. The third kappa shape index (κ3) is 4.70. The van der Waals surface area contributed by atoms with Crippen LogP contribution in [0.15, 0.2) is 91.0 Å². The number of benzene rings is 3. The summed E-state index contributed by atoms with van der Waals surface area (Å²) in [6.45, 7) is 0. The molecule has 1 atom stereocenters. The summed E-state index contributed by atoms with van der Waals surface area (Å²) in [5.74, 6) is -1.17. The van der Waals surface area contributed by atoms with Crippen LogP contribution < -0.4 is 15.0 Å². The van der Waals surface area contributed by atoms with E-state index in [-0.39, 0.29) is 12.2 Å². The molecule has 1 unspecified atom stereocenters. The van der Waals surface area contributed by atoms with Gasteiger partial charge in [0.1, 0.15) is 6.04 Å². The number of esters is 1. The molecule has 0 saturated carbocycles. The highest BCUT2D eigenvalue weighted by Gasteiger charge is 2.39. The maximum absolute atomic E-state index is 13.1. The SMILES string of the molecule is O=C(CC1C(=O)Oc2ccccc2N1C(=O)/C=C/c1ccccc1)Nc1ccccc1. The molecule has 3 aromatic rings. The Morgan fingerprint density at radius 2 is 1.55 bits per heavy atom. The minimum atomic E-state index is -1.08. The third-order valence-electron chi connectivity index (χ3n) is 4.81. The van der Waals surface area contributed by atoms with Gasteiger partial charge < -0.3 is 10.1 Å². The number of hydrogen-bond acceptors (Lipinski definition) is 4. The van der Waals surface area contributed by atoms with Crippen LogP contribution in [0, 0.1) is 0 Å². The van der Waals surface area contributed by atoms with Crippen molar-refractivity contribution in [2.45, 2.75) is 12.5 Å². The molecular formula is C25H20N2O4. The van der Waals surface area contributed by atoms with Gasteiger partial charge in [0.05, 0.1) is 12.1 Å². The summed E-state index contributed by atoms with van der Waals surface area (Å²) in [5, 5.41) is 2.75. The van der Waals surface area contributed by atoms with E-state index in [9.17, 15) is 14.4 Å². The van der Waals surface area contributed by atoms with Crippen molar-refractivity contribution in [3.05, 3.63) is 96.6 Å². The highest BCUT2D eigenvalue weighted by Crippen LogP contribution is 2.35. The monoisotopic (exact) mass is 412 g/mol. The number of para-hydroxylation sites is 3. The van der Waals surface area contributed by atoms with Crippen LogP contribution in [-0.2, 0) is 14.4 Å². The number of carbonyl (C=O) groups excluding carboxylic acids is 3. The fourth-order valence-corrected chi connectivity index (χ4v) is 3.36. The Bertz CT molecular complexity index is 1130. The second-order valence-corrected chi connectivity index (χ2v) is 6.98. The third-order valence-corrected chi connectivity index (χ3v) is 4.81. The van der Waals surface area contributed by atoms with Gasteiger partial charge in [-0.05, 0) is 35.9 Å². The molecule has 1 aliphatic heterocycles. The summed E-state index contributed by atoms with van der Waals surface area (Å²) in [4.78, 5) is 39.8. The van der Waals surface area contributed by atoms with Crippen LogP contribution in [0.5, 0.6) is 5.75 Å². The predicted molar refractivity (Wildman–Crippen MR) is 119 cm³/mol. The van der Waals surface area contributed by atoms with Gasteiger partial charge in [-0.1, -0.05) is 60.7 Å². The zero-order chi connectivity index (χ0) is 21.6. The first kappa shape index (κ1) is 20.1. The normalized spacial score (nSPS) is 15.3. The Labute approximate surface area is 179 Å². The van der Waals surface area contributed by atoms with E-state index in [1.807, 2.05) is 36.4 Å². The molecule has 154 valence electrons. The van der Waals surface area contributed by atoms with Gasteiger partial charge in [0, 0.05) is 11.8 Å². The van der Waals surface area contributed by atoms with Crippen LogP contribution in [0.4, 0.5) is 11.4 Å². The van der Waals surface area contributed by atoms with Gasteiger partial charge in [-0.25, -0.2) is 4.79 Å². The fraction of sp³-hybridized carbons (Fsp3) is 0.0800. The molecule has 0 saturated heterocycles. The van der Waals surface area contributed by atoms with E-state index in [4.69, 9.17) is 4.74 Å². The van der Waals surface area contributed by atoms with Gasteiger partial charge in [-0.2, -0.15) is 0 Å². The van der Waals surface area contributed by atoms with Crippen molar-refractivity contribution in [1.82, 2.24) is 0 Å².